The summed E-state index contributed by atoms with van der Waals surface area (Å²) in [7, 11) is 0. The van der Waals surface area contributed by atoms with Gasteiger partial charge in [0.05, 0.1) is 16.1 Å². The number of thiophene rings is 1. The number of halogens is 1. The third kappa shape index (κ3) is 1.74. The maximum absolute atomic E-state index is 6.27. The van der Waals surface area contributed by atoms with Crippen molar-refractivity contribution >= 4 is 45.0 Å². The van der Waals surface area contributed by atoms with Crippen molar-refractivity contribution in [3.05, 3.63) is 64.0 Å². The lowest BCUT2D eigenvalue weighted by atomic mass is 9.96. The Morgan fingerprint density at radius 1 is 1.05 bits per heavy atom. The van der Waals surface area contributed by atoms with Gasteiger partial charge < -0.3 is 5.32 Å². The van der Waals surface area contributed by atoms with E-state index in [9.17, 15) is 0 Å². The topological polar surface area (TPSA) is 24.4 Å². The summed E-state index contributed by atoms with van der Waals surface area (Å²) in [5, 5.41) is 7.37. The van der Waals surface area contributed by atoms with E-state index in [0.29, 0.717) is 0 Å². The van der Waals surface area contributed by atoms with Crippen molar-refractivity contribution in [2.24, 2.45) is 4.99 Å². The third-order valence-electron chi connectivity index (χ3n) is 3.58. The molecule has 0 bridgehead atoms. The molecule has 1 atom stereocenters. The van der Waals surface area contributed by atoms with Gasteiger partial charge in [-0.15, -0.1) is 11.3 Å². The second-order valence-corrected chi connectivity index (χ2v) is 6.01. The third-order valence-corrected chi connectivity index (χ3v) is 5.05. The molecule has 0 radical (unpaired) electrons. The molecule has 2 heterocycles. The second kappa shape index (κ2) is 4.62. The van der Waals surface area contributed by atoms with E-state index in [1.54, 1.807) is 17.7 Å². The van der Waals surface area contributed by atoms with Crippen molar-refractivity contribution in [1.29, 1.82) is 0 Å². The Morgan fingerprint density at radius 2 is 1.95 bits per heavy atom. The Labute approximate surface area is 125 Å². The van der Waals surface area contributed by atoms with Gasteiger partial charge in [-0.2, -0.15) is 0 Å². The van der Waals surface area contributed by atoms with Crippen LogP contribution in [0, 0.1) is 0 Å². The van der Waals surface area contributed by atoms with Crippen LogP contribution in [0.5, 0.6) is 0 Å². The Morgan fingerprint density at radius 3 is 2.90 bits per heavy atom. The number of aliphatic imine (C=N–C) groups is 1. The molecule has 4 heteroatoms. The van der Waals surface area contributed by atoms with Gasteiger partial charge in [0.15, 0.2) is 0 Å². The van der Waals surface area contributed by atoms with Gasteiger partial charge in [-0.05, 0) is 28.5 Å². The van der Waals surface area contributed by atoms with E-state index < -0.39 is 0 Å². The first-order valence-electron chi connectivity index (χ1n) is 6.37. The lowest BCUT2D eigenvalue weighted by molar-refractivity contribution is 0.883. The number of benzene rings is 2. The molecule has 0 spiro atoms. The number of hydrogen-bond donors (Lipinski definition) is 1. The molecule has 2 aromatic carbocycles. The minimum Gasteiger partial charge on any atom is -0.346 e. The SMILES string of the molecule is Clc1cccc2c(C3N=CNc4ccccc43)csc12. The standard InChI is InChI=1S/C16H11ClN2S/c17-13-6-3-5-10-12(8-20-16(10)13)15-11-4-1-2-7-14(11)18-9-19-15/h1-9,15H,(H,18,19). The molecule has 20 heavy (non-hydrogen) atoms. The van der Waals surface area contributed by atoms with Crippen LogP contribution in [0.25, 0.3) is 10.1 Å². The van der Waals surface area contributed by atoms with Gasteiger partial charge >= 0.3 is 0 Å². The first-order chi connectivity index (χ1) is 9.84. The Bertz CT molecular complexity index is 822. The number of anilines is 1. The molecular formula is C16H11ClN2S. The molecule has 0 amide bonds. The molecule has 0 fully saturated rings. The zero-order valence-electron chi connectivity index (χ0n) is 10.5. The zero-order valence-corrected chi connectivity index (χ0v) is 12.1. The molecule has 1 aliphatic heterocycles. The van der Waals surface area contributed by atoms with E-state index in [1.807, 2.05) is 18.2 Å². The van der Waals surface area contributed by atoms with Crippen molar-refractivity contribution in [3.8, 4) is 0 Å². The van der Waals surface area contributed by atoms with Crippen LogP contribution in [-0.4, -0.2) is 6.34 Å². The van der Waals surface area contributed by atoms with Crippen LogP contribution in [0.15, 0.2) is 52.8 Å². The number of nitrogens with one attached hydrogen (secondary N) is 1. The van der Waals surface area contributed by atoms with E-state index >= 15 is 0 Å². The predicted molar refractivity (Wildman–Crippen MR) is 87.2 cm³/mol. The number of hydrogen-bond acceptors (Lipinski definition) is 3. The number of para-hydroxylation sites is 1. The van der Waals surface area contributed by atoms with Crippen LogP contribution in [-0.2, 0) is 0 Å². The summed E-state index contributed by atoms with van der Waals surface area (Å²) in [5.74, 6) is 0. The van der Waals surface area contributed by atoms with Gasteiger partial charge in [-0.3, -0.25) is 4.99 Å². The predicted octanol–water partition coefficient (Wildman–Crippen LogP) is 5.10. The van der Waals surface area contributed by atoms with Gasteiger partial charge in [0.2, 0.25) is 0 Å². The monoisotopic (exact) mass is 298 g/mol. The minimum absolute atomic E-state index is 0.0414. The molecule has 98 valence electrons. The van der Waals surface area contributed by atoms with Gasteiger partial charge in [0, 0.05) is 11.3 Å². The summed E-state index contributed by atoms with van der Waals surface area (Å²) in [6.07, 6.45) is 1.78. The smallest absolute Gasteiger partial charge is 0.105 e. The van der Waals surface area contributed by atoms with E-state index in [-0.39, 0.29) is 6.04 Å². The molecule has 2 nitrogen and oxygen atoms in total. The average Bonchev–Trinajstić information content (AvgIpc) is 2.92. The van der Waals surface area contributed by atoms with Crippen LogP contribution in [0.2, 0.25) is 5.02 Å². The number of fused-ring (bicyclic) bond motifs is 2. The molecule has 1 unspecified atom stereocenters. The first kappa shape index (κ1) is 11.9. The fraction of sp³-hybridized carbons (Fsp3) is 0.0625. The van der Waals surface area contributed by atoms with Crippen molar-refractivity contribution < 1.29 is 0 Å². The van der Waals surface area contributed by atoms with Crippen LogP contribution in [0.4, 0.5) is 5.69 Å². The van der Waals surface area contributed by atoms with Crippen LogP contribution in [0.3, 0.4) is 0 Å². The normalized spacial score (nSPS) is 16.9. The van der Waals surface area contributed by atoms with E-state index in [2.05, 4.69) is 40.0 Å². The molecule has 4 rings (SSSR count). The van der Waals surface area contributed by atoms with Gasteiger partial charge in [-0.1, -0.05) is 41.9 Å². The first-order valence-corrected chi connectivity index (χ1v) is 7.63. The van der Waals surface area contributed by atoms with E-state index in [0.717, 1.165) is 15.4 Å². The largest absolute Gasteiger partial charge is 0.346 e. The highest BCUT2D eigenvalue weighted by Crippen LogP contribution is 2.41. The molecule has 1 aliphatic rings. The average molecular weight is 299 g/mol. The maximum atomic E-state index is 6.27. The van der Waals surface area contributed by atoms with E-state index in [4.69, 9.17) is 11.6 Å². The molecule has 1 aromatic heterocycles. The van der Waals surface area contributed by atoms with Crippen molar-refractivity contribution in [1.82, 2.24) is 0 Å². The molecular weight excluding hydrogens is 288 g/mol. The Kier molecular flexibility index (Phi) is 2.76. The summed E-state index contributed by atoms with van der Waals surface area (Å²) in [6.45, 7) is 0. The maximum Gasteiger partial charge on any atom is 0.105 e. The Balaban J connectivity index is 1.94. The lowest BCUT2D eigenvalue weighted by Gasteiger charge is -2.20. The molecule has 0 saturated heterocycles. The summed E-state index contributed by atoms with van der Waals surface area (Å²) < 4.78 is 1.13. The fourth-order valence-electron chi connectivity index (χ4n) is 2.63. The molecule has 0 aliphatic carbocycles. The van der Waals surface area contributed by atoms with Crippen molar-refractivity contribution in [2.75, 3.05) is 5.32 Å². The van der Waals surface area contributed by atoms with Gasteiger partial charge in [0.1, 0.15) is 6.04 Å². The van der Waals surface area contributed by atoms with Crippen molar-refractivity contribution in [3.63, 3.8) is 0 Å². The minimum atomic E-state index is 0.0414. The van der Waals surface area contributed by atoms with Crippen LogP contribution in [0.1, 0.15) is 17.2 Å². The van der Waals surface area contributed by atoms with Gasteiger partial charge in [0.25, 0.3) is 0 Å². The highest BCUT2D eigenvalue weighted by molar-refractivity contribution is 7.18. The quantitative estimate of drug-likeness (QED) is 0.664. The van der Waals surface area contributed by atoms with Crippen LogP contribution < -0.4 is 5.32 Å². The summed E-state index contributed by atoms with van der Waals surface area (Å²) in [6, 6.07) is 14.4. The molecule has 3 aromatic rings. The van der Waals surface area contributed by atoms with Crippen molar-refractivity contribution in [2.45, 2.75) is 6.04 Å². The molecule has 1 N–H and O–H groups in total. The fourth-order valence-corrected chi connectivity index (χ4v) is 3.93. The number of rotatable bonds is 1. The second-order valence-electron chi connectivity index (χ2n) is 4.72. The number of nitrogens with zero attached hydrogens (tertiary/aromatic N) is 1. The van der Waals surface area contributed by atoms with Gasteiger partial charge in [-0.25, -0.2) is 0 Å². The summed E-state index contributed by atoms with van der Waals surface area (Å²) in [5.41, 5.74) is 3.54. The molecule has 0 saturated carbocycles. The Hall–Kier alpha value is -1.84. The highest BCUT2D eigenvalue weighted by Gasteiger charge is 2.22. The highest BCUT2D eigenvalue weighted by atomic mass is 35.5. The van der Waals surface area contributed by atoms with E-state index in [1.165, 1.54) is 16.5 Å². The lowest BCUT2D eigenvalue weighted by Crippen LogP contribution is -2.10. The zero-order chi connectivity index (χ0) is 13.5. The summed E-state index contributed by atoms with van der Waals surface area (Å²) in [4.78, 5) is 4.62. The summed E-state index contributed by atoms with van der Waals surface area (Å²) >= 11 is 7.95. The van der Waals surface area contributed by atoms with Crippen LogP contribution >= 0.6 is 22.9 Å².